The Balaban J connectivity index is 1.80. The van der Waals surface area contributed by atoms with Crippen molar-refractivity contribution in [1.82, 2.24) is 15.1 Å². The number of aliphatic hydroxyl groups excluding tert-OH is 1. The predicted molar refractivity (Wildman–Crippen MR) is 88.0 cm³/mol. The van der Waals surface area contributed by atoms with E-state index in [1.165, 1.54) is 12.3 Å². The molecular formula is C18H21F2N3O2. The second-order valence-corrected chi connectivity index (χ2v) is 6.25. The number of benzene rings is 1. The Morgan fingerprint density at radius 3 is 2.76 bits per heavy atom. The lowest BCUT2D eigenvalue weighted by molar-refractivity contribution is 0.0809. The molecule has 0 spiro atoms. The second kappa shape index (κ2) is 7.31. The van der Waals surface area contributed by atoms with Crippen LogP contribution in [0.3, 0.4) is 0 Å². The van der Waals surface area contributed by atoms with Crippen LogP contribution < -0.4 is 5.32 Å². The van der Waals surface area contributed by atoms with E-state index in [1.54, 1.807) is 6.92 Å². The number of nitrogens with zero attached hydrogens (tertiary/aromatic N) is 2. The second-order valence-electron chi connectivity index (χ2n) is 6.25. The first kappa shape index (κ1) is 17.5. The quantitative estimate of drug-likeness (QED) is 0.872. The average molecular weight is 349 g/mol. The van der Waals surface area contributed by atoms with Gasteiger partial charge in [0, 0.05) is 6.54 Å². The first-order valence-corrected chi connectivity index (χ1v) is 8.50. The van der Waals surface area contributed by atoms with Gasteiger partial charge in [-0.1, -0.05) is 13.0 Å². The minimum absolute atomic E-state index is 0.324. The fourth-order valence-electron chi connectivity index (χ4n) is 3.26. The lowest BCUT2D eigenvalue weighted by Gasteiger charge is -2.24. The van der Waals surface area contributed by atoms with Crippen LogP contribution in [0.5, 0.6) is 0 Å². The number of nitrogens with one attached hydrogen (secondary N) is 1. The monoisotopic (exact) mass is 349 g/mol. The van der Waals surface area contributed by atoms with E-state index in [-0.39, 0.29) is 5.91 Å². The number of aliphatic hydroxyl groups is 1. The largest absolute Gasteiger partial charge is 0.386 e. The summed E-state index contributed by atoms with van der Waals surface area (Å²) in [7, 11) is 0. The summed E-state index contributed by atoms with van der Waals surface area (Å²) >= 11 is 0. The van der Waals surface area contributed by atoms with Crippen molar-refractivity contribution < 1.29 is 18.7 Å². The SMILES string of the molecule is CC[C@H](NC(=O)c1cnn2c1CCCC2)[C@@H](O)c1c(F)cccc1F. The highest BCUT2D eigenvalue weighted by atomic mass is 19.1. The maximum Gasteiger partial charge on any atom is 0.255 e. The van der Waals surface area contributed by atoms with E-state index < -0.39 is 29.3 Å². The van der Waals surface area contributed by atoms with Gasteiger partial charge in [0.05, 0.1) is 29.1 Å². The van der Waals surface area contributed by atoms with E-state index in [2.05, 4.69) is 10.4 Å². The topological polar surface area (TPSA) is 67.2 Å². The van der Waals surface area contributed by atoms with Crippen LogP contribution in [0.1, 0.15) is 53.9 Å². The minimum atomic E-state index is -1.47. The lowest BCUT2D eigenvalue weighted by Crippen LogP contribution is -2.39. The molecule has 2 heterocycles. The molecular weight excluding hydrogens is 328 g/mol. The molecule has 0 fully saturated rings. The molecule has 1 aliphatic heterocycles. The Bertz CT molecular complexity index is 755. The molecule has 2 aromatic rings. The first-order chi connectivity index (χ1) is 12.0. The normalized spacial score (nSPS) is 16.2. The van der Waals surface area contributed by atoms with Gasteiger partial charge in [0.25, 0.3) is 5.91 Å². The number of halogens is 2. The zero-order valence-corrected chi connectivity index (χ0v) is 14.0. The molecule has 25 heavy (non-hydrogen) atoms. The van der Waals surface area contributed by atoms with Gasteiger partial charge in [-0.2, -0.15) is 5.10 Å². The molecule has 1 aromatic carbocycles. The Morgan fingerprint density at radius 2 is 2.08 bits per heavy atom. The molecule has 2 N–H and O–H groups in total. The molecule has 3 rings (SSSR count). The van der Waals surface area contributed by atoms with Gasteiger partial charge >= 0.3 is 0 Å². The molecule has 1 aliphatic rings. The van der Waals surface area contributed by atoms with E-state index in [0.29, 0.717) is 12.0 Å². The molecule has 1 aromatic heterocycles. The minimum Gasteiger partial charge on any atom is -0.386 e. The molecule has 0 saturated heterocycles. The van der Waals surface area contributed by atoms with Crippen molar-refractivity contribution in [3.05, 3.63) is 52.9 Å². The van der Waals surface area contributed by atoms with Crippen LogP contribution in [-0.2, 0) is 13.0 Å². The number of carbonyl (C=O) groups excluding carboxylic acids is 1. The summed E-state index contributed by atoms with van der Waals surface area (Å²) in [6.45, 7) is 2.52. The summed E-state index contributed by atoms with van der Waals surface area (Å²) in [4.78, 5) is 12.6. The molecule has 134 valence electrons. The van der Waals surface area contributed by atoms with Crippen molar-refractivity contribution in [2.45, 2.75) is 51.3 Å². The van der Waals surface area contributed by atoms with Gasteiger partial charge in [0.15, 0.2) is 0 Å². The van der Waals surface area contributed by atoms with Gasteiger partial charge in [-0.15, -0.1) is 0 Å². The van der Waals surface area contributed by atoms with E-state index >= 15 is 0 Å². The highest BCUT2D eigenvalue weighted by Crippen LogP contribution is 2.25. The Hall–Kier alpha value is -2.28. The van der Waals surface area contributed by atoms with Crippen molar-refractivity contribution in [1.29, 1.82) is 0 Å². The van der Waals surface area contributed by atoms with Crippen molar-refractivity contribution in [3.63, 3.8) is 0 Å². The van der Waals surface area contributed by atoms with Gasteiger partial charge in [-0.05, 0) is 37.8 Å². The Kier molecular flexibility index (Phi) is 5.13. The van der Waals surface area contributed by atoms with Crippen LogP contribution in [0, 0.1) is 11.6 Å². The standard InChI is InChI=1S/C18H21F2N3O2/c1-2-14(17(24)16-12(19)6-5-7-13(16)20)22-18(25)11-10-21-23-9-4-3-8-15(11)23/h5-7,10,14,17,24H,2-4,8-9H2,1H3,(H,22,25)/t14-,17+/m0/s1. The van der Waals surface area contributed by atoms with E-state index in [0.717, 1.165) is 43.6 Å². The highest BCUT2D eigenvalue weighted by molar-refractivity contribution is 5.95. The number of amides is 1. The number of aromatic nitrogens is 2. The third kappa shape index (κ3) is 3.42. The van der Waals surface area contributed by atoms with Crippen molar-refractivity contribution in [2.24, 2.45) is 0 Å². The van der Waals surface area contributed by atoms with Crippen LogP contribution >= 0.6 is 0 Å². The Labute approximate surface area is 144 Å². The zero-order valence-electron chi connectivity index (χ0n) is 14.0. The van der Waals surface area contributed by atoms with Gasteiger partial charge in [-0.3, -0.25) is 9.48 Å². The maximum atomic E-state index is 13.9. The number of carbonyl (C=O) groups is 1. The van der Waals surface area contributed by atoms with Crippen LogP contribution in [0.15, 0.2) is 24.4 Å². The summed E-state index contributed by atoms with van der Waals surface area (Å²) in [6, 6.07) is 2.60. The molecule has 0 bridgehead atoms. The third-order valence-electron chi connectivity index (χ3n) is 4.66. The Morgan fingerprint density at radius 1 is 1.36 bits per heavy atom. The number of hydrogen-bond donors (Lipinski definition) is 2. The fraction of sp³-hybridized carbons (Fsp3) is 0.444. The van der Waals surface area contributed by atoms with Crippen molar-refractivity contribution in [3.8, 4) is 0 Å². The fourth-order valence-corrected chi connectivity index (χ4v) is 3.26. The zero-order chi connectivity index (χ0) is 18.0. The third-order valence-corrected chi connectivity index (χ3v) is 4.66. The van der Waals surface area contributed by atoms with Gasteiger partial charge < -0.3 is 10.4 Å². The number of hydrogen-bond acceptors (Lipinski definition) is 3. The molecule has 5 nitrogen and oxygen atoms in total. The van der Waals surface area contributed by atoms with E-state index in [4.69, 9.17) is 0 Å². The van der Waals surface area contributed by atoms with E-state index in [1.807, 2.05) is 4.68 Å². The van der Waals surface area contributed by atoms with Gasteiger partial charge in [0.2, 0.25) is 0 Å². The summed E-state index contributed by atoms with van der Waals surface area (Å²) in [6.07, 6.45) is 3.15. The smallest absolute Gasteiger partial charge is 0.255 e. The maximum absolute atomic E-state index is 13.9. The summed E-state index contributed by atoms with van der Waals surface area (Å²) < 4.78 is 29.6. The number of aryl methyl sites for hydroxylation is 1. The predicted octanol–water partition coefficient (Wildman–Crippen LogP) is 2.74. The van der Waals surface area contributed by atoms with Gasteiger partial charge in [-0.25, -0.2) is 8.78 Å². The molecule has 1 amide bonds. The van der Waals surface area contributed by atoms with Crippen LogP contribution in [0.4, 0.5) is 8.78 Å². The summed E-state index contributed by atoms with van der Waals surface area (Å²) in [5, 5.41) is 17.3. The van der Waals surface area contributed by atoms with Crippen LogP contribution in [-0.4, -0.2) is 26.8 Å². The van der Waals surface area contributed by atoms with E-state index in [9.17, 15) is 18.7 Å². The molecule has 7 heteroatoms. The molecule has 2 atom stereocenters. The number of fused-ring (bicyclic) bond motifs is 1. The summed E-state index contributed by atoms with van der Waals surface area (Å²) in [5.41, 5.74) is 0.899. The van der Waals surface area contributed by atoms with Crippen molar-refractivity contribution >= 4 is 5.91 Å². The van der Waals surface area contributed by atoms with Crippen molar-refractivity contribution in [2.75, 3.05) is 0 Å². The molecule has 0 aliphatic carbocycles. The number of rotatable bonds is 5. The van der Waals surface area contributed by atoms with Crippen LogP contribution in [0.25, 0.3) is 0 Å². The van der Waals surface area contributed by atoms with Crippen LogP contribution in [0.2, 0.25) is 0 Å². The average Bonchev–Trinajstić information content (AvgIpc) is 3.03. The first-order valence-electron chi connectivity index (χ1n) is 8.50. The van der Waals surface area contributed by atoms with Gasteiger partial charge in [0.1, 0.15) is 17.7 Å². The summed E-state index contributed by atoms with van der Waals surface area (Å²) in [5.74, 6) is -2.04. The molecule has 0 saturated carbocycles. The highest BCUT2D eigenvalue weighted by Gasteiger charge is 2.28. The molecule has 0 radical (unpaired) electrons. The lowest BCUT2D eigenvalue weighted by atomic mass is 9.98. The molecule has 0 unspecified atom stereocenters.